The van der Waals surface area contributed by atoms with Crippen molar-refractivity contribution in [1.29, 1.82) is 0 Å². The van der Waals surface area contributed by atoms with Crippen LogP contribution in [0.25, 0.3) is 0 Å². The van der Waals surface area contributed by atoms with Crippen LogP contribution in [0.1, 0.15) is 9.88 Å². The first-order valence-corrected chi connectivity index (χ1v) is 5.75. The van der Waals surface area contributed by atoms with Crippen LogP contribution >= 0.6 is 11.3 Å². The van der Waals surface area contributed by atoms with Gasteiger partial charge in [0.1, 0.15) is 5.01 Å². The van der Waals surface area contributed by atoms with Crippen molar-refractivity contribution >= 4 is 17.2 Å². The number of aromatic nitrogens is 2. The maximum absolute atomic E-state index is 5.20. The molecule has 0 bridgehead atoms. The molecule has 0 aliphatic carbocycles. The van der Waals surface area contributed by atoms with Gasteiger partial charge in [-0.25, -0.2) is 9.97 Å². The molecule has 84 valence electrons. The van der Waals surface area contributed by atoms with Crippen LogP contribution in [0.2, 0.25) is 0 Å². The first-order chi connectivity index (χ1) is 7.79. The fraction of sp³-hybridized carbons (Fsp3) is 0.273. The smallest absolute Gasteiger partial charge is 0.169 e. The van der Waals surface area contributed by atoms with Gasteiger partial charge in [0.25, 0.3) is 0 Å². The molecule has 2 rings (SSSR count). The van der Waals surface area contributed by atoms with Crippen molar-refractivity contribution in [1.82, 2.24) is 9.97 Å². The molecule has 0 saturated carbocycles. The molecule has 0 amide bonds. The predicted octanol–water partition coefficient (Wildman–Crippen LogP) is 2.47. The third-order valence-corrected chi connectivity index (χ3v) is 2.98. The van der Waals surface area contributed by atoms with Gasteiger partial charge in [-0.1, -0.05) is 0 Å². The maximum atomic E-state index is 5.20. The average Bonchev–Trinajstić information content (AvgIpc) is 2.73. The Kier molecular flexibility index (Phi) is 3.36. The number of aryl methyl sites for hydroxylation is 1. The summed E-state index contributed by atoms with van der Waals surface area (Å²) in [5.74, 6) is 1.49. The van der Waals surface area contributed by atoms with Crippen LogP contribution in [0.15, 0.2) is 24.5 Å². The minimum absolute atomic E-state index is 0.673. The summed E-state index contributed by atoms with van der Waals surface area (Å²) in [5, 5.41) is 4.25. The van der Waals surface area contributed by atoms with Crippen LogP contribution in [0.5, 0.6) is 5.75 Å². The van der Waals surface area contributed by atoms with Gasteiger partial charge in [0.15, 0.2) is 11.6 Å². The Labute approximate surface area is 98.3 Å². The Bertz CT molecular complexity index is 470. The highest BCUT2D eigenvalue weighted by Gasteiger charge is 2.04. The Morgan fingerprint density at radius 3 is 3.00 bits per heavy atom. The van der Waals surface area contributed by atoms with Gasteiger partial charge >= 0.3 is 0 Å². The highest BCUT2D eigenvalue weighted by Crippen LogP contribution is 2.21. The number of nitrogens with one attached hydrogen (secondary N) is 1. The van der Waals surface area contributed by atoms with Crippen molar-refractivity contribution in [3.05, 3.63) is 34.4 Å². The second-order valence-corrected chi connectivity index (χ2v) is 4.59. The molecule has 16 heavy (non-hydrogen) atoms. The van der Waals surface area contributed by atoms with Crippen molar-refractivity contribution < 1.29 is 4.74 Å². The van der Waals surface area contributed by atoms with Gasteiger partial charge in [-0.3, -0.25) is 0 Å². The van der Waals surface area contributed by atoms with Crippen molar-refractivity contribution in [2.45, 2.75) is 13.5 Å². The number of anilines is 1. The number of hydrogen-bond donors (Lipinski definition) is 1. The summed E-state index contributed by atoms with van der Waals surface area (Å²) < 4.78 is 5.20. The van der Waals surface area contributed by atoms with Crippen LogP contribution in [0, 0.1) is 6.92 Å². The van der Waals surface area contributed by atoms with Crippen LogP contribution in [0.4, 0.5) is 5.82 Å². The number of nitrogens with zero attached hydrogens (tertiary/aromatic N) is 2. The quantitative estimate of drug-likeness (QED) is 0.884. The van der Waals surface area contributed by atoms with Gasteiger partial charge in [0.05, 0.1) is 13.7 Å². The molecule has 0 radical (unpaired) electrons. The molecule has 1 N–H and O–H groups in total. The van der Waals surface area contributed by atoms with Gasteiger partial charge in [-0.15, -0.1) is 11.3 Å². The van der Waals surface area contributed by atoms with Crippen LogP contribution in [0.3, 0.4) is 0 Å². The van der Waals surface area contributed by atoms with E-state index in [9.17, 15) is 0 Å². The SMILES string of the molecule is COc1cccnc1NCc1ncc(C)s1. The molecule has 4 nitrogen and oxygen atoms in total. The van der Waals surface area contributed by atoms with E-state index in [0.29, 0.717) is 6.54 Å². The number of rotatable bonds is 4. The Balaban J connectivity index is 2.04. The van der Waals surface area contributed by atoms with E-state index in [2.05, 4.69) is 15.3 Å². The third kappa shape index (κ3) is 2.49. The number of pyridine rings is 1. The first kappa shape index (κ1) is 10.9. The molecule has 0 aliphatic rings. The predicted molar refractivity (Wildman–Crippen MR) is 65.0 cm³/mol. The fourth-order valence-electron chi connectivity index (χ4n) is 1.33. The third-order valence-electron chi connectivity index (χ3n) is 2.07. The van der Waals surface area contributed by atoms with Gasteiger partial charge in [0, 0.05) is 17.3 Å². The largest absolute Gasteiger partial charge is 0.493 e. The average molecular weight is 235 g/mol. The maximum Gasteiger partial charge on any atom is 0.169 e. The molecule has 0 unspecified atom stereocenters. The molecule has 2 aromatic heterocycles. The standard InChI is InChI=1S/C11H13N3OS/c1-8-6-13-10(16-8)7-14-11-9(15-2)4-3-5-12-11/h3-6H,7H2,1-2H3,(H,12,14). The number of hydrogen-bond acceptors (Lipinski definition) is 5. The Morgan fingerprint density at radius 2 is 2.31 bits per heavy atom. The van der Waals surface area contributed by atoms with E-state index in [1.54, 1.807) is 24.6 Å². The molecule has 0 saturated heterocycles. The van der Waals surface area contributed by atoms with Crippen LogP contribution in [-0.2, 0) is 6.54 Å². The summed E-state index contributed by atoms with van der Waals surface area (Å²) in [5.41, 5.74) is 0. The number of methoxy groups -OCH3 is 1. The summed E-state index contributed by atoms with van der Waals surface area (Å²) >= 11 is 1.68. The van der Waals surface area contributed by atoms with E-state index >= 15 is 0 Å². The van der Waals surface area contributed by atoms with E-state index in [0.717, 1.165) is 16.6 Å². The second kappa shape index (κ2) is 4.94. The molecule has 0 aliphatic heterocycles. The zero-order valence-electron chi connectivity index (χ0n) is 9.23. The molecule has 0 atom stereocenters. The summed E-state index contributed by atoms with van der Waals surface area (Å²) in [7, 11) is 1.63. The van der Waals surface area contributed by atoms with Crippen molar-refractivity contribution in [3.8, 4) is 5.75 Å². The van der Waals surface area contributed by atoms with Gasteiger partial charge in [-0.2, -0.15) is 0 Å². The molecule has 2 heterocycles. The molecule has 5 heteroatoms. The zero-order chi connectivity index (χ0) is 11.4. The minimum atomic E-state index is 0.673. The fourth-order valence-corrected chi connectivity index (χ4v) is 2.06. The summed E-state index contributed by atoms with van der Waals surface area (Å²) in [4.78, 5) is 9.70. The molecular weight excluding hydrogens is 222 g/mol. The molecule has 2 aromatic rings. The van der Waals surface area contributed by atoms with Crippen LogP contribution < -0.4 is 10.1 Å². The lowest BCUT2D eigenvalue weighted by Crippen LogP contribution is -2.02. The van der Waals surface area contributed by atoms with Gasteiger partial charge in [-0.05, 0) is 19.1 Å². The topological polar surface area (TPSA) is 47.0 Å². The summed E-state index contributed by atoms with van der Waals surface area (Å²) in [6.45, 7) is 2.72. The van der Waals surface area contributed by atoms with E-state index in [-0.39, 0.29) is 0 Å². The minimum Gasteiger partial charge on any atom is -0.493 e. The lowest BCUT2D eigenvalue weighted by atomic mass is 10.4. The molecule has 0 fully saturated rings. The van der Waals surface area contributed by atoms with Gasteiger partial charge in [0.2, 0.25) is 0 Å². The van der Waals surface area contributed by atoms with E-state index in [1.165, 1.54) is 4.88 Å². The lowest BCUT2D eigenvalue weighted by Gasteiger charge is -2.07. The monoisotopic (exact) mass is 235 g/mol. The Morgan fingerprint density at radius 1 is 1.44 bits per heavy atom. The van der Waals surface area contributed by atoms with E-state index in [1.807, 2.05) is 25.3 Å². The summed E-state index contributed by atoms with van der Waals surface area (Å²) in [6, 6.07) is 3.72. The molecular formula is C11H13N3OS. The van der Waals surface area contributed by atoms with Gasteiger partial charge < -0.3 is 10.1 Å². The van der Waals surface area contributed by atoms with Crippen molar-refractivity contribution in [2.24, 2.45) is 0 Å². The first-order valence-electron chi connectivity index (χ1n) is 4.94. The second-order valence-electron chi connectivity index (χ2n) is 3.27. The number of thiazole rings is 1. The normalized spacial score (nSPS) is 10.1. The number of ether oxygens (including phenoxy) is 1. The van der Waals surface area contributed by atoms with E-state index in [4.69, 9.17) is 4.74 Å². The zero-order valence-corrected chi connectivity index (χ0v) is 10.0. The summed E-state index contributed by atoms with van der Waals surface area (Å²) in [6.07, 6.45) is 3.61. The Hall–Kier alpha value is -1.62. The molecule has 0 aromatic carbocycles. The van der Waals surface area contributed by atoms with Crippen LogP contribution in [-0.4, -0.2) is 17.1 Å². The molecule has 0 spiro atoms. The van der Waals surface area contributed by atoms with E-state index < -0.39 is 0 Å². The van der Waals surface area contributed by atoms with Crippen molar-refractivity contribution in [2.75, 3.05) is 12.4 Å². The van der Waals surface area contributed by atoms with Crippen molar-refractivity contribution in [3.63, 3.8) is 0 Å². The highest BCUT2D eigenvalue weighted by molar-refractivity contribution is 7.11. The lowest BCUT2D eigenvalue weighted by molar-refractivity contribution is 0.415. The highest BCUT2D eigenvalue weighted by atomic mass is 32.1.